The van der Waals surface area contributed by atoms with Gasteiger partial charge in [0.15, 0.2) is 0 Å². The molecule has 3 unspecified atom stereocenters. The molecule has 0 saturated heterocycles. The highest BCUT2D eigenvalue weighted by molar-refractivity contribution is 5.26. The summed E-state index contributed by atoms with van der Waals surface area (Å²) in [6.45, 7) is 9.23. The summed E-state index contributed by atoms with van der Waals surface area (Å²) < 4.78 is 0. The molecule has 0 nitrogen and oxygen atoms in total. The Hall–Kier alpha value is -1.00. The average Bonchev–Trinajstić information content (AvgIpc) is 2.93. The first kappa shape index (κ1) is 21.3. The minimum atomic E-state index is 0.892. The van der Waals surface area contributed by atoms with E-state index in [1.165, 1.54) is 82.6 Å². The van der Waals surface area contributed by atoms with Crippen molar-refractivity contribution in [1.29, 1.82) is 0 Å². The van der Waals surface area contributed by atoms with Gasteiger partial charge in [0.25, 0.3) is 0 Å². The lowest BCUT2D eigenvalue weighted by atomic mass is 9.86. The lowest BCUT2D eigenvalue weighted by Crippen LogP contribution is -2.06. The predicted molar refractivity (Wildman–Crippen MR) is 116 cm³/mol. The summed E-state index contributed by atoms with van der Waals surface area (Å²) in [6.07, 6.45) is 23.4. The van der Waals surface area contributed by atoms with E-state index in [0.29, 0.717) is 0 Å². The molecule has 0 aromatic heterocycles. The van der Waals surface area contributed by atoms with E-state index in [0.717, 1.165) is 17.8 Å². The second kappa shape index (κ2) is 11.7. The van der Waals surface area contributed by atoms with Crippen LogP contribution in [0.25, 0.3) is 0 Å². The van der Waals surface area contributed by atoms with Crippen LogP contribution < -0.4 is 0 Å². The molecule has 26 heavy (non-hydrogen) atoms. The first-order chi connectivity index (χ1) is 12.5. The van der Waals surface area contributed by atoms with E-state index in [4.69, 9.17) is 0 Å². The maximum atomic E-state index is 3.37. The fourth-order valence-corrected chi connectivity index (χ4v) is 4.78. The molecule has 0 amide bonds. The zero-order valence-corrected chi connectivity index (χ0v) is 17.9. The van der Waals surface area contributed by atoms with E-state index >= 15 is 0 Å². The lowest BCUT2D eigenvalue weighted by molar-refractivity contribution is 0.336. The zero-order valence-electron chi connectivity index (χ0n) is 17.9. The van der Waals surface area contributed by atoms with Crippen molar-refractivity contribution >= 4 is 0 Å². The van der Waals surface area contributed by atoms with Gasteiger partial charge in [0, 0.05) is 0 Å². The van der Waals surface area contributed by atoms with Crippen LogP contribution in [0.15, 0.2) is 40.7 Å². The fraction of sp³-hybridized carbons (Fsp3) is 0.731. The van der Waals surface area contributed by atoms with E-state index in [2.05, 4.69) is 51.7 Å². The lowest BCUT2D eigenvalue weighted by Gasteiger charge is -2.19. The summed E-state index contributed by atoms with van der Waals surface area (Å²) in [5.74, 6) is 2.84. The van der Waals surface area contributed by atoms with Crippen LogP contribution in [0, 0.1) is 17.8 Å². The van der Waals surface area contributed by atoms with Gasteiger partial charge >= 0.3 is 0 Å². The van der Waals surface area contributed by atoms with Gasteiger partial charge in [0.05, 0.1) is 0 Å². The van der Waals surface area contributed by atoms with Crippen LogP contribution in [-0.4, -0.2) is 0 Å². The third-order valence-corrected chi connectivity index (χ3v) is 6.56. The monoisotopic (exact) mass is 354 g/mol. The van der Waals surface area contributed by atoms with Crippen molar-refractivity contribution in [2.75, 3.05) is 0 Å². The van der Waals surface area contributed by atoms with E-state index < -0.39 is 0 Å². The molecule has 0 N–H and O–H groups in total. The first-order valence-electron chi connectivity index (χ1n) is 11.3. The summed E-state index contributed by atoms with van der Waals surface area (Å²) in [5.41, 5.74) is 8.02. The molecule has 1 fully saturated rings. The summed E-state index contributed by atoms with van der Waals surface area (Å²) in [6, 6.07) is 0. The molecule has 0 heteroatoms. The highest BCUT2D eigenvalue weighted by Gasteiger charge is 2.20. The van der Waals surface area contributed by atoms with Gasteiger partial charge < -0.3 is 0 Å². The van der Waals surface area contributed by atoms with Crippen molar-refractivity contribution in [2.45, 2.75) is 105 Å². The molecule has 1 saturated carbocycles. The van der Waals surface area contributed by atoms with Crippen molar-refractivity contribution < 1.29 is 0 Å². The Balaban J connectivity index is 1.72. The molecule has 0 heterocycles. The third kappa shape index (κ3) is 8.13. The first-order valence-corrected chi connectivity index (χ1v) is 11.3. The minimum absolute atomic E-state index is 0.892. The Morgan fingerprint density at radius 3 is 2.77 bits per heavy atom. The van der Waals surface area contributed by atoms with Gasteiger partial charge in [-0.3, -0.25) is 0 Å². The maximum Gasteiger partial charge on any atom is -0.0172 e. The largest absolute Gasteiger partial charge is 0.125 e. The van der Waals surface area contributed by atoms with Crippen LogP contribution in [0.4, 0.5) is 0 Å². The smallest absolute Gasteiger partial charge is 0.0172 e. The van der Waals surface area contributed by atoms with Crippen LogP contribution in [-0.2, 0) is 0 Å². The topological polar surface area (TPSA) is 0 Å². The van der Waals surface area contributed by atoms with Crippen LogP contribution >= 0.6 is 0 Å². The summed E-state index contributed by atoms with van der Waals surface area (Å²) in [5, 5.41) is 0. The molecule has 0 spiro atoms. The van der Waals surface area contributed by atoms with Gasteiger partial charge in [0.1, 0.15) is 0 Å². The van der Waals surface area contributed by atoms with Crippen LogP contribution in [0.3, 0.4) is 0 Å². The van der Waals surface area contributed by atoms with Gasteiger partial charge in [-0.2, -0.15) is 0 Å². The zero-order chi connectivity index (χ0) is 18.8. The molecule has 2 aliphatic rings. The van der Waals surface area contributed by atoms with Crippen LogP contribution in [0.1, 0.15) is 105 Å². The van der Waals surface area contributed by atoms with Crippen molar-refractivity contribution in [3.05, 3.63) is 40.7 Å². The molecular formula is C26H42. The highest BCUT2D eigenvalue weighted by atomic mass is 14.3. The van der Waals surface area contributed by atoms with Crippen molar-refractivity contribution in [3.8, 4) is 0 Å². The van der Waals surface area contributed by atoms with Gasteiger partial charge in [0.2, 0.25) is 0 Å². The van der Waals surface area contributed by atoms with E-state index in [-0.39, 0.29) is 0 Å². The molecule has 0 aromatic carbocycles. The molecule has 2 rings (SSSR count). The second-order valence-corrected chi connectivity index (χ2v) is 9.34. The van der Waals surface area contributed by atoms with Gasteiger partial charge in [-0.1, -0.05) is 56.3 Å². The average molecular weight is 355 g/mol. The number of hydrogen-bond acceptors (Lipinski definition) is 0. The fourth-order valence-electron chi connectivity index (χ4n) is 4.78. The van der Waals surface area contributed by atoms with Crippen LogP contribution in [0.5, 0.6) is 0 Å². The normalized spacial score (nSPS) is 24.9. The number of rotatable bonds is 8. The predicted octanol–water partition coefficient (Wildman–Crippen LogP) is 8.56. The van der Waals surface area contributed by atoms with Crippen LogP contribution in [0.2, 0.25) is 0 Å². The SMILES string of the molecule is CC(C)=CCCC(C)CC1CCCC(CCC2=C(C)CCC=C=C2)CC1. The standard InChI is InChI=1S/C26H42/c1-21(2)10-8-11-22(3)20-25-14-9-13-24(16-17-25)18-19-26-15-7-5-6-12-23(26)4/h5,10,15,22,24-25H,6,8-9,11-14,16-20H2,1-4H3. The Morgan fingerprint density at radius 2 is 1.96 bits per heavy atom. The molecule has 146 valence electrons. The van der Waals surface area contributed by atoms with Crippen molar-refractivity contribution in [1.82, 2.24) is 0 Å². The molecule has 0 radical (unpaired) electrons. The molecule has 0 bridgehead atoms. The maximum absolute atomic E-state index is 3.37. The molecule has 0 aromatic rings. The summed E-state index contributed by atoms with van der Waals surface area (Å²) in [4.78, 5) is 0. The van der Waals surface area contributed by atoms with E-state index in [9.17, 15) is 0 Å². The number of hydrogen-bond donors (Lipinski definition) is 0. The molecule has 3 atom stereocenters. The third-order valence-electron chi connectivity index (χ3n) is 6.56. The Kier molecular flexibility index (Phi) is 9.55. The minimum Gasteiger partial charge on any atom is -0.125 e. The Bertz CT molecular complexity index is 534. The van der Waals surface area contributed by atoms with E-state index in [1.54, 1.807) is 11.1 Å². The van der Waals surface area contributed by atoms with E-state index in [1.807, 2.05) is 0 Å². The Morgan fingerprint density at radius 1 is 1.19 bits per heavy atom. The van der Waals surface area contributed by atoms with Gasteiger partial charge in [-0.15, -0.1) is 5.73 Å². The summed E-state index contributed by atoms with van der Waals surface area (Å²) >= 11 is 0. The Labute approximate surface area is 163 Å². The van der Waals surface area contributed by atoms with Gasteiger partial charge in [-0.25, -0.2) is 0 Å². The highest BCUT2D eigenvalue weighted by Crippen LogP contribution is 2.35. The van der Waals surface area contributed by atoms with Crippen molar-refractivity contribution in [2.24, 2.45) is 17.8 Å². The molecular weight excluding hydrogens is 312 g/mol. The summed E-state index contributed by atoms with van der Waals surface area (Å²) in [7, 11) is 0. The number of allylic oxidation sites excluding steroid dienone is 5. The molecule has 2 aliphatic carbocycles. The van der Waals surface area contributed by atoms with Crippen molar-refractivity contribution in [3.63, 3.8) is 0 Å². The molecule has 0 aliphatic heterocycles. The van der Waals surface area contributed by atoms with Gasteiger partial charge in [-0.05, 0) is 101 Å². The quantitative estimate of drug-likeness (QED) is 0.233. The second-order valence-electron chi connectivity index (χ2n) is 9.34.